The molecule has 1 saturated heterocycles. The molecule has 0 aromatic heterocycles. The van der Waals surface area contributed by atoms with E-state index in [1.807, 2.05) is 12.1 Å². The van der Waals surface area contributed by atoms with Crippen molar-refractivity contribution in [1.29, 1.82) is 0 Å². The molecule has 2 aromatic rings. The molecule has 1 saturated carbocycles. The van der Waals surface area contributed by atoms with Gasteiger partial charge in [0.2, 0.25) is 0 Å². The minimum absolute atomic E-state index is 0.0371. The van der Waals surface area contributed by atoms with E-state index in [4.69, 9.17) is 4.74 Å². The number of carbonyl (C=O) groups is 1. The van der Waals surface area contributed by atoms with Gasteiger partial charge in [-0.2, -0.15) is 0 Å². The predicted octanol–water partition coefficient (Wildman–Crippen LogP) is 5.50. The van der Waals surface area contributed by atoms with Crippen LogP contribution in [0, 0.1) is 0 Å². The van der Waals surface area contributed by atoms with Gasteiger partial charge >= 0.3 is 6.03 Å². The maximum absolute atomic E-state index is 13.6. The second-order valence-corrected chi connectivity index (χ2v) is 10.0. The van der Waals surface area contributed by atoms with Crippen molar-refractivity contribution in [2.45, 2.75) is 63.1 Å². The number of rotatable bonds is 8. The number of hydrogen-bond acceptors (Lipinski definition) is 3. The van der Waals surface area contributed by atoms with Crippen molar-refractivity contribution < 1.29 is 9.53 Å². The van der Waals surface area contributed by atoms with Crippen LogP contribution in [0.25, 0.3) is 0 Å². The average molecular weight is 450 g/mol. The Kier molecular flexibility index (Phi) is 6.99. The Morgan fingerprint density at radius 2 is 1.64 bits per heavy atom. The molecule has 0 atom stereocenters. The Balaban J connectivity index is 1.56. The van der Waals surface area contributed by atoms with Gasteiger partial charge in [0, 0.05) is 25.2 Å². The zero-order chi connectivity index (χ0) is 23.5. The molecule has 0 unspecified atom stereocenters. The molecule has 0 N–H and O–H groups in total. The summed E-state index contributed by atoms with van der Waals surface area (Å²) in [7, 11) is 6.09. The fourth-order valence-corrected chi connectivity index (χ4v) is 5.91. The highest BCUT2D eigenvalue weighted by molar-refractivity contribution is 5.78. The number of carbonyl (C=O) groups excluding carboxylic acids is 1. The highest BCUT2D eigenvalue weighted by Gasteiger charge is 2.54. The van der Waals surface area contributed by atoms with E-state index in [-0.39, 0.29) is 17.1 Å². The third-order valence-corrected chi connectivity index (χ3v) is 8.00. The van der Waals surface area contributed by atoms with Crippen molar-refractivity contribution in [3.63, 3.8) is 0 Å². The van der Waals surface area contributed by atoms with Gasteiger partial charge in [0.05, 0.1) is 12.6 Å². The van der Waals surface area contributed by atoms with Crippen molar-refractivity contribution in [2.24, 2.45) is 0 Å². The molecule has 1 aliphatic carbocycles. The smallest absolute Gasteiger partial charge is 0.320 e. The molecule has 5 nitrogen and oxygen atoms in total. The lowest BCUT2D eigenvalue weighted by Gasteiger charge is -2.51. The number of ether oxygens (including phenoxy) is 1. The first-order chi connectivity index (χ1) is 15.9. The molecule has 178 valence electrons. The Bertz CT molecular complexity index is 918. The minimum Gasteiger partial charge on any atom is -0.497 e. The second kappa shape index (κ2) is 9.76. The maximum Gasteiger partial charge on any atom is 0.320 e. The largest absolute Gasteiger partial charge is 0.497 e. The van der Waals surface area contributed by atoms with E-state index in [1.54, 1.807) is 7.11 Å². The number of benzene rings is 2. The monoisotopic (exact) mass is 449 g/mol. The molecular formula is C28H39N3O2. The molecular weight excluding hydrogens is 410 g/mol. The highest BCUT2D eigenvalue weighted by Crippen LogP contribution is 2.49. The van der Waals surface area contributed by atoms with Crippen LogP contribution in [-0.2, 0) is 12.1 Å². The summed E-state index contributed by atoms with van der Waals surface area (Å²) in [5, 5.41) is 0. The van der Waals surface area contributed by atoms with Crippen LogP contribution in [0.3, 0.4) is 0 Å². The standard InChI is InChI=1S/C28H39N3O2/c1-5-6-20-31-26(32)30(21-23-12-14-25(33-4)15-13-23)22-27(31)16-18-28(19-17-27,29(2)3)24-10-8-7-9-11-24/h7-15H,5-6,16-22H2,1-4H3/t27-,28+. The lowest BCUT2D eigenvalue weighted by atomic mass is 9.68. The number of amides is 2. The van der Waals surface area contributed by atoms with E-state index >= 15 is 0 Å². The van der Waals surface area contributed by atoms with Crippen LogP contribution in [0.15, 0.2) is 54.6 Å². The third-order valence-electron chi connectivity index (χ3n) is 8.00. The molecule has 4 rings (SSSR count). The van der Waals surface area contributed by atoms with Gasteiger partial charge in [-0.3, -0.25) is 4.90 Å². The van der Waals surface area contributed by atoms with Crippen molar-refractivity contribution in [1.82, 2.24) is 14.7 Å². The molecule has 2 aromatic carbocycles. The summed E-state index contributed by atoms with van der Waals surface area (Å²) in [6.07, 6.45) is 6.36. The molecule has 2 amide bonds. The van der Waals surface area contributed by atoms with Gasteiger partial charge in [-0.25, -0.2) is 4.79 Å². The number of unbranched alkanes of at least 4 members (excludes halogenated alkanes) is 1. The molecule has 1 heterocycles. The zero-order valence-electron chi connectivity index (χ0n) is 20.7. The SMILES string of the molecule is CCCCN1C(=O)N(Cc2ccc(OC)cc2)C[C@]12CC[C@](c1ccccc1)(N(C)C)CC2. The number of urea groups is 1. The number of methoxy groups -OCH3 is 1. The first-order valence-electron chi connectivity index (χ1n) is 12.4. The van der Waals surface area contributed by atoms with Crippen LogP contribution in [0.2, 0.25) is 0 Å². The van der Waals surface area contributed by atoms with Crippen LogP contribution in [0.1, 0.15) is 56.6 Å². The number of hydrogen-bond donors (Lipinski definition) is 0. The summed E-state index contributed by atoms with van der Waals surface area (Å²) in [6.45, 7) is 4.54. The lowest BCUT2D eigenvalue weighted by Crippen LogP contribution is -2.55. The fraction of sp³-hybridized carbons (Fsp3) is 0.536. The molecule has 2 aliphatic rings. The van der Waals surface area contributed by atoms with Crippen LogP contribution in [0.4, 0.5) is 4.79 Å². The van der Waals surface area contributed by atoms with Gasteiger partial charge in [0.1, 0.15) is 5.75 Å². The van der Waals surface area contributed by atoms with Crippen LogP contribution in [-0.4, -0.2) is 60.6 Å². The topological polar surface area (TPSA) is 36.0 Å². The summed E-state index contributed by atoms with van der Waals surface area (Å²) in [5.41, 5.74) is 2.52. The highest BCUT2D eigenvalue weighted by atomic mass is 16.5. The maximum atomic E-state index is 13.6. The van der Waals surface area contributed by atoms with Crippen molar-refractivity contribution in [2.75, 3.05) is 34.3 Å². The van der Waals surface area contributed by atoms with E-state index in [9.17, 15) is 4.79 Å². The minimum atomic E-state index is -0.0625. The molecule has 1 aliphatic heterocycles. The van der Waals surface area contributed by atoms with E-state index < -0.39 is 0 Å². The molecule has 1 spiro atoms. The summed E-state index contributed by atoms with van der Waals surface area (Å²) in [4.78, 5) is 20.3. The molecule has 5 heteroatoms. The molecule has 0 bridgehead atoms. The fourth-order valence-electron chi connectivity index (χ4n) is 5.91. The van der Waals surface area contributed by atoms with Gasteiger partial charge in [-0.05, 0) is 69.5 Å². The zero-order valence-corrected chi connectivity index (χ0v) is 20.7. The summed E-state index contributed by atoms with van der Waals surface area (Å²) >= 11 is 0. The van der Waals surface area contributed by atoms with Gasteiger partial charge in [0.25, 0.3) is 0 Å². The third kappa shape index (κ3) is 4.48. The van der Waals surface area contributed by atoms with Crippen molar-refractivity contribution in [3.8, 4) is 5.75 Å². The Morgan fingerprint density at radius 3 is 2.21 bits per heavy atom. The first kappa shape index (κ1) is 23.6. The van der Waals surface area contributed by atoms with Crippen LogP contribution >= 0.6 is 0 Å². The van der Waals surface area contributed by atoms with Gasteiger partial charge in [-0.1, -0.05) is 55.8 Å². The van der Waals surface area contributed by atoms with E-state index in [1.165, 1.54) is 5.56 Å². The van der Waals surface area contributed by atoms with E-state index in [0.29, 0.717) is 6.54 Å². The summed E-state index contributed by atoms with van der Waals surface area (Å²) in [6, 6.07) is 19.2. The van der Waals surface area contributed by atoms with Crippen LogP contribution < -0.4 is 4.74 Å². The van der Waals surface area contributed by atoms with E-state index in [2.05, 4.69) is 78.2 Å². The van der Waals surface area contributed by atoms with E-state index in [0.717, 1.165) is 62.9 Å². The van der Waals surface area contributed by atoms with Crippen molar-refractivity contribution >= 4 is 6.03 Å². The van der Waals surface area contributed by atoms with Crippen molar-refractivity contribution in [3.05, 3.63) is 65.7 Å². The quantitative estimate of drug-likeness (QED) is 0.534. The molecule has 0 radical (unpaired) electrons. The normalized spacial score (nSPS) is 25.3. The average Bonchev–Trinajstić information content (AvgIpc) is 3.09. The Morgan fingerprint density at radius 1 is 0.970 bits per heavy atom. The Labute approximate surface area is 199 Å². The predicted molar refractivity (Wildman–Crippen MR) is 133 cm³/mol. The first-order valence-corrected chi connectivity index (χ1v) is 12.4. The molecule has 33 heavy (non-hydrogen) atoms. The lowest BCUT2D eigenvalue weighted by molar-refractivity contribution is 0.0242. The number of nitrogens with zero attached hydrogens (tertiary/aromatic N) is 3. The molecule has 2 fully saturated rings. The van der Waals surface area contributed by atoms with Gasteiger partial charge < -0.3 is 14.5 Å². The summed E-state index contributed by atoms with van der Waals surface area (Å²) in [5.74, 6) is 0.848. The van der Waals surface area contributed by atoms with Crippen LogP contribution in [0.5, 0.6) is 5.75 Å². The summed E-state index contributed by atoms with van der Waals surface area (Å²) < 4.78 is 5.29. The van der Waals surface area contributed by atoms with Gasteiger partial charge in [-0.15, -0.1) is 0 Å². The Hall–Kier alpha value is -2.53. The van der Waals surface area contributed by atoms with Gasteiger partial charge in [0.15, 0.2) is 0 Å². The second-order valence-electron chi connectivity index (χ2n) is 10.0.